The van der Waals surface area contributed by atoms with E-state index in [-0.39, 0.29) is 11.5 Å². The SMILES string of the molecule is Cc1ccc(C(=O)OCC(=O)N[C@@H]2CCS(=O)(=O)C2)cc1C. The van der Waals surface area contributed by atoms with E-state index in [2.05, 4.69) is 5.32 Å². The van der Waals surface area contributed by atoms with E-state index in [1.54, 1.807) is 12.1 Å². The van der Waals surface area contributed by atoms with Crippen molar-refractivity contribution in [1.29, 1.82) is 0 Å². The van der Waals surface area contributed by atoms with Crippen LogP contribution in [0.2, 0.25) is 0 Å². The number of rotatable bonds is 4. The number of hydrogen-bond donors (Lipinski definition) is 1. The molecule has 1 aromatic rings. The number of carbonyl (C=O) groups excluding carboxylic acids is 2. The smallest absolute Gasteiger partial charge is 0.338 e. The van der Waals surface area contributed by atoms with Crippen LogP contribution in [0.1, 0.15) is 27.9 Å². The fourth-order valence-electron chi connectivity index (χ4n) is 2.26. The quantitative estimate of drug-likeness (QED) is 0.826. The van der Waals surface area contributed by atoms with Crippen LogP contribution in [-0.2, 0) is 19.4 Å². The largest absolute Gasteiger partial charge is 0.452 e. The van der Waals surface area contributed by atoms with Gasteiger partial charge < -0.3 is 10.1 Å². The summed E-state index contributed by atoms with van der Waals surface area (Å²) in [7, 11) is -3.05. The zero-order chi connectivity index (χ0) is 16.3. The number of sulfone groups is 1. The van der Waals surface area contributed by atoms with Crippen LogP contribution in [0.15, 0.2) is 18.2 Å². The number of benzene rings is 1. The third-order valence-electron chi connectivity index (χ3n) is 3.67. The number of hydrogen-bond acceptors (Lipinski definition) is 5. The van der Waals surface area contributed by atoms with Crippen LogP contribution < -0.4 is 5.32 Å². The maximum atomic E-state index is 11.9. The van der Waals surface area contributed by atoms with Crippen molar-refractivity contribution in [2.24, 2.45) is 0 Å². The zero-order valence-corrected chi connectivity index (χ0v) is 13.4. The molecule has 2 rings (SSSR count). The lowest BCUT2D eigenvalue weighted by molar-refractivity contribution is -0.124. The van der Waals surface area contributed by atoms with Gasteiger partial charge in [0, 0.05) is 6.04 Å². The maximum Gasteiger partial charge on any atom is 0.338 e. The molecule has 1 aliphatic heterocycles. The number of aryl methyl sites for hydroxylation is 2. The van der Waals surface area contributed by atoms with Crippen LogP contribution in [0.25, 0.3) is 0 Å². The van der Waals surface area contributed by atoms with Crippen molar-refractivity contribution < 1.29 is 22.7 Å². The van der Waals surface area contributed by atoms with Gasteiger partial charge in [-0.05, 0) is 43.5 Å². The molecule has 0 spiro atoms. The normalized spacial score (nSPS) is 19.6. The van der Waals surface area contributed by atoms with Gasteiger partial charge in [0.1, 0.15) is 0 Å². The van der Waals surface area contributed by atoms with E-state index >= 15 is 0 Å². The second kappa shape index (κ2) is 6.48. The van der Waals surface area contributed by atoms with Crippen molar-refractivity contribution in [1.82, 2.24) is 5.32 Å². The molecule has 1 N–H and O–H groups in total. The molecule has 0 aliphatic carbocycles. The lowest BCUT2D eigenvalue weighted by Crippen LogP contribution is -2.38. The Morgan fingerprint density at radius 1 is 1.27 bits per heavy atom. The summed E-state index contributed by atoms with van der Waals surface area (Å²) in [6.07, 6.45) is 0.402. The van der Waals surface area contributed by atoms with E-state index in [1.165, 1.54) is 0 Å². The predicted octanol–water partition coefficient (Wildman–Crippen LogP) is 0.764. The average Bonchev–Trinajstić information content (AvgIpc) is 2.78. The zero-order valence-electron chi connectivity index (χ0n) is 12.6. The third-order valence-corrected chi connectivity index (χ3v) is 5.44. The molecule has 0 radical (unpaired) electrons. The molecule has 1 aromatic carbocycles. The molecule has 1 saturated heterocycles. The highest BCUT2D eigenvalue weighted by molar-refractivity contribution is 7.91. The van der Waals surface area contributed by atoms with Crippen molar-refractivity contribution in [3.63, 3.8) is 0 Å². The Bertz CT molecular complexity index is 696. The molecule has 120 valence electrons. The first-order chi connectivity index (χ1) is 10.3. The van der Waals surface area contributed by atoms with Gasteiger partial charge in [0.2, 0.25) is 0 Å². The monoisotopic (exact) mass is 325 g/mol. The first kappa shape index (κ1) is 16.5. The highest BCUT2D eigenvalue weighted by Gasteiger charge is 2.29. The van der Waals surface area contributed by atoms with E-state index in [1.807, 2.05) is 19.9 Å². The minimum atomic E-state index is -3.05. The number of nitrogens with one attached hydrogen (secondary N) is 1. The fraction of sp³-hybridized carbons (Fsp3) is 0.467. The lowest BCUT2D eigenvalue weighted by Gasteiger charge is -2.11. The molecular weight excluding hydrogens is 306 g/mol. The summed E-state index contributed by atoms with van der Waals surface area (Å²) in [5, 5.41) is 2.57. The summed E-state index contributed by atoms with van der Waals surface area (Å²) in [6.45, 7) is 3.41. The first-order valence-corrected chi connectivity index (χ1v) is 8.83. The van der Waals surface area contributed by atoms with Crippen LogP contribution in [0.5, 0.6) is 0 Å². The predicted molar refractivity (Wildman–Crippen MR) is 81.4 cm³/mol. The van der Waals surface area contributed by atoms with Gasteiger partial charge in [-0.25, -0.2) is 13.2 Å². The van der Waals surface area contributed by atoms with Crippen molar-refractivity contribution >= 4 is 21.7 Å². The van der Waals surface area contributed by atoms with Gasteiger partial charge in [0.05, 0.1) is 17.1 Å². The van der Waals surface area contributed by atoms with E-state index in [0.717, 1.165) is 11.1 Å². The topological polar surface area (TPSA) is 89.5 Å². The summed E-state index contributed by atoms with van der Waals surface area (Å²) < 4.78 is 27.5. The molecular formula is C15H19NO5S. The molecule has 1 amide bonds. The van der Waals surface area contributed by atoms with Gasteiger partial charge >= 0.3 is 5.97 Å². The Balaban J connectivity index is 1.83. The summed E-state index contributed by atoms with van der Waals surface area (Å²) in [6, 6.07) is 4.78. The number of ether oxygens (including phenoxy) is 1. The van der Waals surface area contributed by atoms with Gasteiger partial charge in [-0.15, -0.1) is 0 Å². The molecule has 0 unspecified atom stereocenters. The van der Waals surface area contributed by atoms with Gasteiger partial charge in [0.25, 0.3) is 5.91 Å². The van der Waals surface area contributed by atoms with Gasteiger partial charge in [-0.2, -0.15) is 0 Å². The molecule has 6 nitrogen and oxygen atoms in total. The van der Waals surface area contributed by atoms with Crippen molar-refractivity contribution in [2.45, 2.75) is 26.3 Å². The molecule has 1 heterocycles. The Hall–Kier alpha value is -1.89. The Kier molecular flexibility index (Phi) is 4.85. The highest BCUT2D eigenvalue weighted by Crippen LogP contribution is 2.12. The first-order valence-electron chi connectivity index (χ1n) is 7.01. The minimum Gasteiger partial charge on any atom is -0.452 e. The maximum absolute atomic E-state index is 11.9. The van der Waals surface area contributed by atoms with Crippen molar-refractivity contribution in [2.75, 3.05) is 18.1 Å². The molecule has 0 saturated carbocycles. The Morgan fingerprint density at radius 2 is 2.00 bits per heavy atom. The number of amides is 1. The van der Waals surface area contributed by atoms with Gasteiger partial charge in [0.15, 0.2) is 16.4 Å². The summed E-state index contributed by atoms with van der Waals surface area (Å²) in [4.78, 5) is 23.5. The summed E-state index contributed by atoms with van der Waals surface area (Å²) in [5.74, 6) is -1.03. The molecule has 1 fully saturated rings. The van der Waals surface area contributed by atoms with Gasteiger partial charge in [-0.1, -0.05) is 6.07 Å². The van der Waals surface area contributed by atoms with Crippen LogP contribution in [0.3, 0.4) is 0 Å². The number of esters is 1. The molecule has 1 aliphatic rings. The second-order valence-electron chi connectivity index (χ2n) is 5.54. The van der Waals surface area contributed by atoms with Crippen LogP contribution in [0, 0.1) is 13.8 Å². The standard InChI is InChI=1S/C15H19NO5S/c1-10-3-4-12(7-11(10)2)15(18)21-8-14(17)16-13-5-6-22(19,20)9-13/h3-4,7,13H,5-6,8-9H2,1-2H3,(H,16,17)/t13-/m1/s1. The van der Waals surface area contributed by atoms with Crippen molar-refractivity contribution in [3.05, 3.63) is 34.9 Å². The number of carbonyl (C=O) groups is 2. The highest BCUT2D eigenvalue weighted by atomic mass is 32.2. The van der Waals surface area contributed by atoms with E-state index in [9.17, 15) is 18.0 Å². The van der Waals surface area contributed by atoms with Crippen LogP contribution >= 0.6 is 0 Å². The third kappa shape index (κ3) is 4.30. The van der Waals surface area contributed by atoms with Crippen LogP contribution in [-0.4, -0.2) is 44.4 Å². The van der Waals surface area contributed by atoms with Crippen LogP contribution in [0.4, 0.5) is 0 Å². The molecule has 0 aromatic heterocycles. The van der Waals surface area contributed by atoms with E-state index < -0.39 is 34.4 Å². The lowest BCUT2D eigenvalue weighted by atomic mass is 10.1. The minimum absolute atomic E-state index is 0.0517. The van der Waals surface area contributed by atoms with Crippen molar-refractivity contribution in [3.8, 4) is 0 Å². The molecule has 1 atom stereocenters. The summed E-state index contributed by atoms with van der Waals surface area (Å²) in [5.41, 5.74) is 2.42. The van der Waals surface area contributed by atoms with E-state index in [0.29, 0.717) is 12.0 Å². The van der Waals surface area contributed by atoms with E-state index in [4.69, 9.17) is 4.74 Å². The van der Waals surface area contributed by atoms with Gasteiger partial charge in [-0.3, -0.25) is 4.79 Å². The Labute approximate surface area is 129 Å². The average molecular weight is 325 g/mol. The Morgan fingerprint density at radius 3 is 2.59 bits per heavy atom. The molecule has 0 bridgehead atoms. The molecule has 22 heavy (non-hydrogen) atoms. The summed E-state index contributed by atoms with van der Waals surface area (Å²) >= 11 is 0. The molecule has 7 heteroatoms. The second-order valence-corrected chi connectivity index (χ2v) is 7.77. The fourth-order valence-corrected chi connectivity index (χ4v) is 3.93.